The summed E-state index contributed by atoms with van der Waals surface area (Å²) < 4.78 is 0. The highest BCUT2D eigenvalue weighted by Gasteiger charge is 2.03. The molecule has 3 nitrogen and oxygen atoms in total. The molecular weight excluding hydrogens is 320 g/mol. The molecule has 3 rings (SSSR count). The van der Waals surface area contributed by atoms with E-state index in [0.29, 0.717) is 0 Å². The maximum absolute atomic E-state index is 12.2. The van der Waals surface area contributed by atoms with Gasteiger partial charge in [0, 0.05) is 30.5 Å². The van der Waals surface area contributed by atoms with Crippen LogP contribution in [0.5, 0.6) is 0 Å². The van der Waals surface area contributed by atoms with Crippen molar-refractivity contribution in [2.24, 2.45) is 0 Å². The van der Waals surface area contributed by atoms with Crippen LogP contribution in [0, 0.1) is 0 Å². The highest BCUT2D eigenvalue weighted by atomic mass is 16.1. The minimum Gasteiger partial charge on any atom is -0.372 e. The third kappa shape index (κ3) is 4.12. The Balaban J connectivity index is 1.69. The first-order valence-electron chi connectivity index (χ1n) is 9.03. The molecule has 0 atom stereocenters. The van der Waals surface area contributed by atoms with Gasteiger partial charge < -0.3 is 10.2 Å². The van der Waals surface area contributed by atoms with Gasteiger partial charge in [-0.1, -0.05) is 42.5 Å². The Morgan fingerprint density at radius 3 is 2.35 bits per heavy atom. The molecule has 0 saturated carbocycles. The number of hydrogen-bond acceptors (Lipinski definition) is 2. The van der Waals surface area contributed by atoms with Gasteiger partial charge in [0.05, 0.1) is 0 Å². The topological polar surface area (TPSA) is 32.3 Å². The smallest absolute Gasteiger partial charge is 0.248 e. The summed E-state index contributed by atoms with van der Waals surface area (Å²) in [5, 5.41) is 5.23. The van der Waals surface area contributed by atoms with Crippen molar-refractivity contribution >= 4 is 34.1 Å². The maximum atomic E-state index is 12.2. The van der Waals surface area contributed by atoms with E-state index in [-0.39, 0.29) is 5.91 Å². The van der Waals surface area contributed by atoms with Crippen LogP contribution < -0.4 is 10.2 Å². The summed E-state index contributed by atoms with van der Waals surface area (Å²) in [6, 6.07) is 22.2. The zero-order valence-corrected chi connectivity index (χ0v) is 15.3. The fourth-order valence-corrected chi connectivity index (χ4v) is 3.09. The largest absolute Gasteiger partial charge is 0.372 e. The summed E-state index contributed by atoms with van der Waals surface area (Å²) in [6.07, 6.45) is 3.45. The molecule has 132 valence electrons. The molecule has 0 radical (unpaired) electrons. The summed E-state index contributed by atoms with van der Waals surface area (Å²) in [4.78, 5) is 14.5. The lowest BCUT2D eigenvalue weighted by Crippen LogP contribution is -2.21. The number of nitrogens with zero attached hydrogens (tertiary/aromatic N) is 1. The Morgan fingerprint density at radius 2 is 1.62 bits per heavy atom. The van der Waals surface area contributed by atoms with Gasteiger partial charge in [0.2, 0.25) is 5.91 Å². The van der Waals surface area contributed by atoms with E-state index in [1.165, 1.54) is 11.1 Å². The average Bonchev–Trinajstić information content (AvgIpc) is 2.68. The van der Waals surface area contributed by atoms with Gasteiger partial charge in [0.25, 0.3) is 0 Å². The van der Waals surface area contributed by atoms with Crippen LogP contribution in [0.1, 0.15) is 19.4 Å². The van der Waals surface area contributed by atoms with Gasteiger partial charge in [-0.3, -0.25) is 4.79 Å². The summed E-state index contributed by atoms with van der Waals surface area (Å²) >= 11 is 0. The minimum atomic E-state index is -0.131. The van der Waals surface area contributed by atoms with E-state index in [2.05, 4.69) is 42.3 Å². The lowest BCUT2D eigenvalue weighted by Gasteiger charge is -2.21. The molecule has 0 unspecified atom stereocenters. The predicted octanol–water partition coefficient (Wildman–Crippen LogP) is 5.34. The molecule has 3 aromatic carbocycles. The van der Waals surface area contributed by atoms with Crippen molar-refractivity contribution in [3.63, 3.8) is 0 Å². The van der Waals surface area contributed by atoms with E-state index < -0.39 is 0 Å². The third-order valence-corrected chi connectivity index (χ3v) is 4.50. The van der Waals surface area contributed by atoms with E-state index in [9.17, 15) is 4.79 Å². The van der Waals surface area contributed by atoms with Gasteiger partial charge in [-0.25, -0.2) is 0 Å². The van der Waals surface area contributed by atoms with Crippen molar-refractivity contribution in [2.75, 3.05) is 23.3 Å². The molecule has 0 spiro atoms. The second-order valence-corrected chi connectivity index (χ2v) is 6.11. The van der Waals surface area contributed by atoms with Gasteiger partial charge in [-0.05, 0) is 60.5 Å². The summed E-state index contributed by atoms with van der Waals surface area (Å²) in [5.74, 6) is -0.131. The molecule has 0 aliphatic rings. The van der Waals surface area contributed by atoms with Crippen molar-refractivity contribution in [1.82, 2.24) is 0 Å². The molecule has 26 heavy (non-hydrogen) atoms. The van der Waals surface area contributed by atoms with Crippen molar-refractivity contribution in [3.8, 4) is 0 Å². The van der Waals surface area contributed by atoms with Crippen LogP contribution in [0.2, 0.25) is 0 Å². The van der Waals surface area contributed by atoms with Crippen molar-refractivity contribution in [2.45, 2.75) is 13.8 Å². The number of anilines is 2. The van der Waals surface area contributed by atoms with Crippen molar-refractivity contribution in [3.05, 3.63) is 78.4 Å². The monoisotopic (exact) mass is 344 g/mol. The number of nitrogens with one attached hydrogen (secondary N) is 1. The van der Waals surface area contributed by atoms with Crippen LogP contribution in [-0.4, -0.2) is 19.0 Å². The number of hydrogen-bond donors (Lipinski definition) is 1. The number of benzene rings is 3. The summed E-state index contributed by atoms with van der Waals surface area (Å²) in [5.41, 5.74) is 3.00. The molecular formula is C23H24N2O. The summed E-state index contributed by atoms with van der Waals surface area (Å²) in [6.45, 7) is 6.21. The predicted molar refractivity (Wildman–Crippen MR) is 112 cm³/mol. The normalized spacial score (nSPS) is 11.0. The van der Waals surface area contributed by atoms with E-state index in [0.717, 1.165) is 29.7 Å². The molecule has 0 heterocycles. The fourth-order valence-electron chi connectivity index (χ4n) is 3.09. The number of fused-ring (bicyclic) bond motifs is 1. The van der Waals surface area contributed by atoms with Crippen LogP contribution in [0.25, 0.3) is 16.8 Å². The number of rotatable bonds is 6. The number of amides is 1. The van der Waals surface area contributed by atoms with E-state index in [1.807, 2.05) is 54.6 Å². The standard InChI is InChI=1S/C23H24N2O/c1-3-25(4-2)21-15-13-20(14-16-21)24-23(26)17-12-19-10-7-9-18-8-5-6-11-22(18)19/h5-17H,3-4H2,1-2H3,(H,24,26)/b17-12-. The SMILES string of the molecule is CCN(CC)c1ccc(NC(=O)/C=C\c2cccc3ccccc23)cc1. The van der Waals surface area contributed by atoms with Crippen LogP contribution >= 0.6 is 0 Å². The Morgan fingerprint density at radius 1 is 0.923 bits per heavy atom. The third-order valence-electron chi connectivity index (χ3n) is 4.50. The molecule has 1 N–H and O–H groups in total. The zero-order valence-electron chi connectivity index (χ0n) is 15.3. The average molecular weight is 344 g/mol. The Kier molecular flexibility index (Phi) is 5.69. The summed E-state index contributed by atoms with van der Waals surface area (Å²) in [7, 11) is 0. The lowest BCUT2D eigenvalue weighted by molar-refractivity contribution is -0.111. The van der Waals surface area contributed by atoms with E-state index in [1.54, 1.807) is 6.08 Å². The number of carbonyl (C=O) groups is 1. The van der Waals surface area contributed by atoms with Gasteiger partial charge in [-0.2, -0.15) is 0 Å². The second-order valence-electron chi connectivity index (χ2n) is 6.11. The molecule has 0 fully saturated rings. The van der Waals surface area contributed by atoms with Crippen LogP contribution in [0.4, 0.5) is 11.4 Å². The molecule has 3 heteroatoms. The fraction of sp³-hybridized carbons (Fsp3) is 0.174. The molecule has 0 aliphatic carbocycles. The van der Waals surface area contributed by atoms with E-state index in [4.69, 9.17) is 0 Å². The molecule has 0 saturated heterocycles. The van der Waals surface area contributed by atoms with Crippen molar-refractivity contribution in [1.29, 1.82) is 0 Å². The van der Waals surface area contributed by atoms with E-state index >= 15 is 0 Å². The van der Waals surface area contributed by atoms with Gasteiger partial charge >= 0.3 is 0 Å². The van der Waals surface area contributed by atoms with Crippen LogP contribution in [0.15, 0.2) is 72.8 Å². The Bertz CT molecular complexity index is 904. The zero-order chi connectivity index (χ0) is 18.4. The van der Waals surface area contributed by atoms with Crippen LogP contribution in [0.3, 0.4) is 0 Å². The maximum Gasteiger partial charge on any atom is 0.248 e. The highest BCUT2D eigenvalue weighted by Crippen LogP contribution is 2.20. The van der Waals surface area contributed by atoms with Gasteiger partial charge in [-0.15, -0.1) is 0 Å². The van der Waals surface area contributed by atoms with Gasteiger partial charge in [0.1, 0.15) is 0 Å². The molecule has 3 aromatic rings. The molecule has 1 amide bonds. The quantitative estimate of drug-likeness (QED) is 0.612. The number of carbonyl (C=O) groups excluding carboxylic acids is 1. The lowest BCUT2D eigenvalue weighted by atomic mass is 10.0. The first-order chi connectivity index (χ1) is 12.7. The molecule has 0 aliphatic heterocycles. The highest BCUT2D eigenvalue weighted by molar-refractivity contribution is 6.03. The molecule has 0 aromatic heterocycles. The Labute approximate surface area is 155 Å². The Hall–Kier alpha value is -3.07. The van der Waals surface area contributed by atoms with Crippen molar-refractivity contribution < 1.29 is 4.79 Å². The van der Waals surface area contributed by atoms with Gasteiger partial charge in [0.15, 0.2) is 0 Å². The minimum absolute atomic E-state index is 0.131. The molecule has 0 bridgehead atoms. The first-order valence-corrected chi connectivity index (χ1v) is 9.03. The van der Waals surface area contributed by atoms with Crippen LogP contribution in [-0.2, 0) is 4.79 Å². The second kappa shape index (κ2) is 8.34. The first kappa shape index (κ1) is 17.7.